The van der Waals surface area contributed by atoms with Gasteiger partial charge in [-0.2, -0.15) is 0 Å². The molecule has 1 aromatic heterocycles. The minimum Gasteiger partial charge on any atom is -0.464 e. The van der Waals surface area contributed by atoms with Crippen molar-refractivity contribution >= 4 is 34.2 Å². The Morgan fingerprint density at radius 2 is 1.95 bits per heavy atom. The minimum atomic E-state index is -0.117. The highest BCUT2D eigenvalue weighted by Gasteiger charge is 2.13. The second-order valence-electron chi connectivity index (χ2n) is 5.35. The van der Waals surface area contributed by atoms with Crippen LogP contribution in [0.4, 0.5) is 5.69 Å². The topological polar surface area (TPSA) is 42.2 Å². The fourth-order valence-electron chi connectivity index (χ4n) is 2.46. The molecule has 0 saturated heterocycles. The van der Waals surface area contributed by atoms with Gasteiger partial charge in [-0.3, -0.25) is 4.79 Å². The monoisotopic (exact) mass is 313 g/mol. The van der Waals surface area contributed by atoms with Crippen LogP contribution in [0, 0.1) is 13.8 Å². The van der Waals surface area contributed by atoms with Gasteiger partial charge in [-0.1, -0.05) is 35.9 Å². The quantitative estimate of drug-likeness (QED) is 0.748. The first kappa shape index (κ1) is 14.7. The van der Waals surface area contributed by atoms with Crippen LogP contribution in [0.2, 0.25) is 5.02 Å². The molecule has 112 valence electrons. The van der Waals surface area contributed by atoms with Gasteiger partial charge in [-0.25, -0.2) is 0 Å². The van der Waals surface area contributed by atoms with Gasteiger partial charge < -0.3 is 9.73 Å². The van der Waals surface area contributed by atoms with E-state index in [0.717, 1.165) is 22.1 Å². The van der Waals surface area contributed by atoms with E-state index in [1.54, 1.807) is 18.4 Å². The molecule has 3 nitrogen and oxygen atoms in total. The Hall–Kier alpha value is -2.26. The predicted molar refractivity (Wildman–Crippen MR) is 89.5 cm³/mol. The lowest BCUT2D eigenvalue weighted by molar-refractivity contribution is -0.115. The highest BCUT2D eigenvalue weighted by molar-refractivity contribution is 6.33. The molecule has 3 rings (SSSR count). The molecule has 1 N–H and O–H groups in total. The molecule has 0 aliphatic heterocycles. The van der Waals surface area contributed by atoms with E-state index in [2.05, 4.69) is 5.32 Å². The molecular weight excluding hydrogens is 298 g/mol. The normalized spacial score (nSPS) is 10.9. The Bertz CT molecular complexity index is 851. The van der Waals surface area contributed by atoms with Crippen molar-refractivity contribution in [3.05, 3.63) is 64.4 Å². The zero-order chi connectivity index (χ0) is 15.7. The Morgan fingerprint density at radius 1 is 1.18 bits per heavy atom. The van der Waals surface area contributed by atoms with Crippen LogP contribution in [0.1, 0.15) is 16.7 Å². The summed E-state index contributed by atoms with van der Waals surface area (Å²) in [5, 5.41) is 4.34. The molecule has 22 heavy (non-hydrogen) atoms. The molecule has 0 bridgehead atoms. The van der Waals surface area contributed by atoms with Crippen LogP contribution in [-0.4, -0.2) is 5.91 Å². The molecule has 0 fully saturated rings. The summed E-state index contributed by atoms with van der Waals surface area (Å²) in [6, 6.07) is 11.2. The number of para-hydroxylation sites is 1. The third-order valence-corrected chi connectivity index (χ3v) is 4.17. The average molecular weight is 314 g/mol. The number of fused-ring (bicyclic) bond motifs is 1. The summed E-state index contributed by atoms with van der Waals surface area (Å²) in [5.41, 5.74) is 4.63. The zero-order valence-corrected chi connectivity index (χ0v) is 13.2. The standard InChI is InChI=1S/C18H16ClNO2/c1-11-7-8-14-13(10-22-18(14)12(11)2)9-17(21)20-16-6-4-3-5-15(16)19/h3-8,10H,9H2,1-2H3,(H,20,21). The van der Waals surface area contributed by atoms with Crippen molar-refractivity contribution < 1.29 is 9.21 Å². The van der Waals surface area contributed by atoms with Crippen molar-refractivity contribution in [2.45, 2.75) is 20.3 Å². The number of rotatable bonds is 3. The molecule has 0 unspecified atom stereocenters. The molecule has 1 amide bonds. The molecule has 0 spiro atoms. The predicted octanol–water partition coefficient (Wildman–Crippen LogP) is 4.88. The molecule has 3 aromatic rings. The van der Waals surface area contributed by atoms with Crippen LogP contribution in [0.5, 0.6) is 0 Å². The fraction of sp³-hybridized carbons (Fsp3) is 0.167. The third-order valence-electron chi connectivity index (χ3n) is 3.84. The van der Waals surface area contributed by atoms with E-state index >= 15 is 0 Å². The number of nitrogens with one attached hydrogen (secondary N) is 1. The maximum atomic E-state index is 12.2. The second-order valence-corrected chi connectivity index (χ2v) is 5.76. The van der Waals surface area contributed by atoms with Crippen LogP contribution in [0.3, 0.4) is 0 Å². The van der Waals surface area contributed by atoms with E-state index in [-0.39, 0.29) is 12.3 Å². The first-order chi connectivity index (χ1) is 10.6. The number of anilines is 1. The molecule has 2 aromatic carbocycles. The SMILES string of the molecule is Cc1ccc2c(CC(=O)Nc3ccccc3Cl)coc2c1C. The Labute approximate surface area is 133 Å². The number of furan rings is 1. The van der Waals surface area contributed by atoms with Crippen LogP contribution in [0.25, 0.3) is 11.0 Å². The molecular formula is C18H16ClNO2. The van der Waals surface area contributed by atoms with Crippen molar-refractivity contribution in [3.8, 4) is 0 Å². The van der Waals surface area contributed by atoms with Crippen molar-refractivity contribution in [2.75, 3.05) is 5.32 Å². The number of benzene rings is 2. The van der Waals surface area contributed by atoms with Gasteiger partial charge in [0.2, 0.25) is 5.91 Å². The smallest absolute Gasteiger partial charge is 0.228 e. The van der Waals surface area contributed by atoms with Crippen molar-refractivity contribution in [2.24, 2.45) is 0 Å². The van der Waals surface area contributed by atoms with Gasteiger partial charge in [0, 0.05) is 10.9 Å². The number of carbonyl (C=O) groups excluding carboxylic acids is 1. The van der Waals surface area contributed by atoms with E-state index in [0.29, 0.717) is 10.7 Å². The lowest BCUT2D eigenvalue weighted by Crippen LogP contribution is -2.14. The van der Waals surface area contributed by atoms with Crippen molar-refractivity contribution in [1.82, 2.24) is 0 Å². The first-order valence-electron chi connectivity index (χ1n) is 7.07. The first-order valence-corrected chi connectivity index (χ1v) is 7.44. The lowest BCUT2D eigenvalue weighted by Gasteiger charge is -2.06. The van der Waals surface area contributed by atoms with E-state index in [1.807, 2.05) is 38.1 Å². The van der Waals surface area contributed by atoms with Gasteiger partial charge in [-0.15, -0.1) is 0 Å². The van der Waals surface area contributed by atoms with Crippen molar-refractivity contribution in [3.63, 3.8) is 0 Å². The van der Waals surface area contributed by atoms with Gasteiger partial charge >= 0.3 is 0 Å². The molecule has 4 heteroatoms. The fourth-order valence-corrected chi connectivity index (χ4v) is 2.64. The average Bonchev–Trinajstić information content (AvgIpc) is 2.89. The largest absolute Gasteiger partial charge is 0.464 e. The highest BCUT2D eigenvalue weighted by atomic mass is 35.5. The number of carbonyl (C=O) groups is 1. The van der Waals surface area contributed by atoms with Gasteiger partial charge in [0.15, 0.2) is 0 Å². The van der Waals surface area contributed by atoms with E-state index < -0.39 is 0 Å². The maximum Gasteiger partial charge on any atom is 0.228 e. The highest BCUT2D eigenvalue weighted by Crippen LogP contribution is 2.27. The van der Waals surface area contributed by atoms with Crippen LogP contribution in [-0.2, 0) is 11.2 Å². The van der Waals surface area contributed by atoms with E-state index in [1.165, 1.54) is 5.56 Å². The van der Waals surface area contributed by atoms with Gasteiger partial charge in [0.25, 0.3) is 0 Å². The molecule has 0 aliphatic rings. The second kappa shape index (κ2) is 5.85. The summed E-state index contributed by atoms with van der Waals surface area (Å²) in [4.78, 5) is 12.2. The van der Waals surface area contributed by atoms with E-state index in [9.17, 15) is 4.79 Å². The molecule has 0 atom stereocenters. The van der Waals surface area contributed by atoms with Crippen LogP contribution in [0.15, 0.2) is 47.1 Å². The number of aryl methyl sites for hydroxylation is 2. The summed E-state index contributed by atoms with van der Waals surface area (Å²) in [6.07, 6.45) is 1.91. The van der Waals surface area contributed by atoms with Crippen LogP contribution < -0.4 is 5.32 Å². The van der Waals surface area contributed by atoms with Gasteiger partial charge in [-0.05, 0) is 37.1 Å². The molecule has 0 radical (unpaired) electrons. The van der Waals surface area contributed by atoms with E-state index in [4.69, 9.17) is 16.0 Å². The number of amides is 1. The summed E-state index contributed by atoms with van der Waals surface area (Å²) < 4.78 is 5.63. The Kier molecular flexibility index (Phi) is 3.90. The molecule has 0 saturated carbocycles. The molecule has 1 heterocycles. The number of hydrogen-bond donors (Lipinski definition) is 1. The summed E-state index contributed by atoms with van der Waals surface area (Å²) >= 11 is 6.05. The summed E-state index contributed by atoms with van der Waals surface area (Å²) in [5.74, 6) is -0.117. The maximum absolute atomic E-state index is 12.2. The third kappa shape index (κ3) is 2.72. The number of halogens is 1. The lowest BCUT2D eigenvalue weighted by atomic mass is 10.0. The summed E-state index contributed by atoms with van der Waals surface area (Å²) in [6.45, 7) is 4.07. The van der Waals surface area contributed by atoms with Gasteiger partial charge in [0.05, 0.1) is 23.4 Å². The zero-order valence-electron chi connectivity index (χ0n) is 12.4. The Balaban J connectivity index is 1.83. The summed E-state index contributed by atoms with van der Waals surface area (Å²) in [7, 11) is 0. The van der Waals surface area contributed by atoms with Gasteiger partial charge in [0.1, 0.15) is 5.58 Å². The molecule has 0 aliphatic carbocycles. The Morgan fingerprint density at radius 3 is 2.73 bits per heavy atom. The van der Waals surface area contributed by atoms with Crippen LogP contribution >= 0.6 is 11.6 Å². The number of hydrogen-bond acceptors (Lipinski definition) is 2. The van der Waals surface area contributed by atoms with Crippen molar-refractivity contribution in [1.29, 1.82) is 0 Å². The minimum absolute atomic E-state index is 0.117.